The summed E-state index contributed by atoms with van der Waals surface area (Å²) in [7, 11) is 0. The van der Waals surface area contributed by atoms with Crippen LogP contribution in [0.2, 0.25) is 0 Å². The molecule has 0 spiro atoms. The number of carbonyl (C=O) groups is 1. The fraction of sp³-hybridized carbons (Fsp3) is 0.615. The van der Waals surface area contributed by atoms with E-state index in [1.807, 2.05) is 6.92 Å². The van der Waals surface area contributed by atoms with Crippen LogP contribution in [0.5, 0.6) is 0 Å². The van der Waals surface area contributed by atoms with Crippen molar-refractivity contribution in [2.24, 2.45) is 0 Å². The number of hydrogen-bond acceptors (Lipinski definition) is 4. The van der Waals surface area contributed by atoms with Crippen LogP contribution in [0.4, 0.5) is 0 Å². The molecule has 1 aromatic heterocycles. The highest BCUT2D eigenvalue weighted by Crippen LogP contribution is 2.39. The third-order valence-corrected chi connectivity index (χ3v) is 3.40. The molecule has 2 rings (SSSR count). The standard InChI is InChI=1S/C13H17N2O2/c1-2-17-12(16)13(7-4-3-5-8-13)11-6-9-14-10-15-11/h6,9H,2-5,7-8H2,1H3. The molecule has 1 aliphatic carbocycles. The van der Waals surface area contributed by atoms with Crippen molar-refractivity contribution in [2.75, 3.05) is 6.61 Å². The molecule has 1 aliphatic rings. The predicted molar refractivity (Wildman–Crippen MR) is 62.3 cm³/mol. The van der Waals surface area contributed by atoms with Gasteiger partial charge in [0.15, 0.2) is 6.33 Å². The van der Waals surface area contributed by atoms with Crippen LogP contribution in [0.25, 0.3) is 0 Å². The molecule has 0 saturated heterocycles. The maximum Gasteiger partial charge on any atom is 0.318 e. The quantitative estimate of drug-likeness (QED) is 0.750. The van der Waals surface area contributed by atoms with Crippen molar-refractivity contribution in [1.29, 1.82) is 0 Å². The molecular formula is C13H17N2O2. The van der Waals surface area contributed by atoms with Gasteiger partial charge in [-0.15, -0.1) is 0 Å². The van der Waals surface area contributed by atoms with Gasteiger partial charge in [0, 0.05) is 6.20 Å². The molecule has 1 heterocycles. The molecule has 1 radical (unpaired) electrons. The van der Waals surface area contributed by atoms with Crippen molar-refractivity contribution in [2.45, 2.75) is 44.4 Å². The van der Waals surface area contributed by atoms with E-state index in [4.69, 9.17) is 4.74 Å². The van der Waals surface area contributed by atoms with Gasteiger partial charge < -0.3 is 4.74 Å². The van der Waals surface area contributed by atoms with E-state index in [0.29, 0.717) is 6.61 Å². The van der Waals surface area contributed by atoms with Gasteiger partial charge in [0.2, 0.25) is 0 Å². The van der Waals surface area contributed by atoms with E-state index in [1.165, 1.54) is 6.42 Å². The summed E-state index contributed by atoms with van der Waals surface area (Å²) in [5, 5.41) is 0. The Labute approximate surface area is 101 Å². The molecule has 1 fully saturated rings. The van der Waals surface area contributed by atoms with E-state index in [9.17, 15) is 4.79 Å². The zero-order chi connectivity index (χ0) is 12.1. The average molecular weight is 233 g/mol. The Balaban J connectivity index is 2.33. The average Bonchev–Trinajstić information content (AvgIpc) is 2.41. The zero-order valence-corrected chi connectivity index (χ0v) is 10.1. The first-order valence-electron chi connectivity index (χ1n) is 6.16. The second kappa shape index (κ2) is 5.25. The van der Waals surface area contributed by atoms with Gasteiger partial charge in [-0.25, -0.2) is 9.97 Å². The van der Waals surface area contributed by atoms with Crippen LogP contribution in [0.3, 0.4) is 0 Å². The van der Waals surface area contributed by atoms with Gasteiger partial charge in [-0.05, 0) is 25.8 Å². The number of aromatic nitrogens is 2. The fourth-order valence-electron chi connectivity index (χ4n) is 2.52. The molecule has 17 heavy (non-hydrogen) atoms. The molecule has 0 unspecified atom stereocenters. The van der Waals surface area contributed by atoms with Crippen molar-refractivity contribution in [3.05, 3.63) is 24.3 Å². The van der Waals surface area contributed by atoms with Gasteiger partial charge in [-0.2, -0.15) is 0 Å². The lowest BCUT2D eigenvalue weighted by atomic mass is 9.71. The molecule has 1 aromatic rings. The van der Waals surface area contributed by atoms with E-state index in [-0.39, 0.29) is 5.97 Å². The Kier molecular flexibility index (Phi) is 3.71. The van der Waals surface area contributed by atoms with Crippen LogP contribution in [0, 0.1) is 6.33 Å². The van der Waals surface area contributed by atoms with Crippen molar-refractivity contribution in [3.63, 3.8) is 0 Å². The van der Waals surface area contributed by atoms with Crippen molar-refractivity contribution >= 4 is 5.97 Å². The van der Waals surface area contributed by atoms with Crippen LogP contribution < -0.4 is 0 Å². The van der Waals surface area contributed by atoms with Gasteiger partial charge in [0.05, 0.1) is 12.3 Å². The van der Waals surface area contributed by atoms with Gasteiger partial charge in [-0.1, -0.05) is 19.3 Å². The van der Waals surface area contributed by atoms with E-state index in [2.05, 4.69) is 16.3 Å². The summed E-state index contributed by atoms with van der Waals surface area (Å²) in [6.45, 7) is 2.25. The van der Waals surface area contributed by atoms with Gasteiger partial charge >= 0.3 is 5.97 Å². The third-order valence-electron chi connectivity index (χ3n) is 3.40. The minimum atomic E-state index is -0.562. The zero-order valence-electron chi connectivity index (χ0n) is 10.1. The van der Waals surface area contributed by atoms with E-state index in [1.54, 1.807) is 12.3 Å². The summed E-state index contributed by atoms with van der Waals surface area (Å²) in [6, 6.07) is 1.80. The molecule has 0 aromatic carbocycles. The second-order valence-corrected chi connectivity index (χ2v) is 4.41. The summed E-state index contributed by atoms with van der Waals surface area (Å²) >= 11 is 0. The Morgan fingerprint density at radius 1 is 1.47 bits per heavy atom. The Morgan fingerprint density at radius 2 is 2.24 bits per heavy atom. The largest absolute Gasteiger partial charge is 0.465 e. The van der Waals surface area contributed by atoms with Crippen LogP contribution in [-0.4, -0.2) is 22.5 Å². The molecule has 4 heteroatoms. The molecule has 0 N–H and O–H groups in total. The van der Waals surface area contributed by atoms with Crippen molar-refractivity contribution < 1.29 is 9.53 Å². The highest BCUT2D eigenvalue weighted by molar-refractivity contribution is 5.82. The minimum Gasteiger partial charge on any atom is -0.465 e. The van der Waals surface area contributed by atoms with E-state index in [0.717, 1.165) is 31.4 Å². The fourth-order valence-corrected chi connectivity index (χ4v) is 2.52. The molecule has 91 valence electrons. The first-order chi connectivity index (χ1) is 8.29. The van der Waals surface area contributed by atoms with E-state index >= 15 is 0 Å². The lowest BCUT2D eigenvalue weighted by molar-refractivity contribution is -0.151. The molecule has 1 saturated carbocycles. The Morgan fingerprint density at radius 3 is 2.82 bits per heavy atom. The highest BCUT2D eigenvalue weighted by Gasteiger charge is 2.43. The first kappa shape index (κ1) is 12.0. The maximum absolute atomic E-state index is 12.2. The number of carbonyl (C=O) groups excluding carboxylic acids is 1. The Hall–Kier alpha value is -1.45. The number of nitrogens with zero attached hydrogens (tertiary/aromatic N) is 2. The summed E-state index contributed by atoms with van der Waals surface area (Å²) in [6.07, 6.45) is 9.11. The predicted octanol–water partition coefficient (Wildman–Crippen LogP) is 2.04. The molecule has 0 bridgehead atoms. The summed E-state index contributed by atoms with van der Waals surface area (Å²) < 4.78 is 5.23. The maximum atomic E-state index is 12.2. The van der Waals surface area contributed by atoms with Crippen molar-refractivity contribution in [3.8, 4) is 0 Å². The lowest BCUT2D eigenvalue weighted by Gasteiger charge is -2.33. The Bertz CT molecular complexity index is 372. The number of ether oxygens (including phenoxy) is 1. The smallest absolute Gasteiger partial charge is 0.318 e. The normalized spacial score (nSPS) is 18.6. The van der Waals surface area contributed by atoms with Crippen LogP contribution in [0.15, 0.2) is 12.3 Å². The van der Waals surface area contributed by atoms with Crippen molar-refractivity contribution in [1.82, 2.24) is 9.97 Å². The number of esters is 1. The van der Waals surface area contributed by atoms with Gasteiger partial charge in [0.1, 0.15) is 5.41 Å². The minimum absolute atomic E-state index is 0.146. The molecule has 0 aliphatic heterocycles. The first-order valence-corrected chi connectivity index (χ1v) is 6.16. The monoisotopic (exact) mass is 233 g/mol. The molecule has 0 amide bonds. The molecule has 4 nitrogen and oxygen atoms in total. The topological polar surface area (TPSA) is 52.1 Å². The van der Waals surface area contributed by atoms with Crippen LogP contribution >= 0.6 is 0 Å². The third kappa shape index (κ3) is 2.30. The summed E-state index contributed by atoms with van der Waals surface area (Å²) in [4.78, 5) is 20.2. The molecular weight excluding hydrogens is 216 g/mol. The lowest BCUT2D eigenvalue weighted by Crippen LogP contribution is -2.40. The summed E-state index contributed by atoms with van der Waals surface area (Å²) in [5.41, 5.74) is 0.193. The second-order valence-electron chi connectivity index (χ2n) is 4.41. The highest BCUT2D eigenvalue weighted by atomic mass is 16.5. The number of rotatable bonds is 3. The van der Waals surface area contributed by atoms with Crippen LogP contribution in [0.1, 0.15) is 44.7 Å². The van der Waals surface area contributed by atoms with Crippen LogP contribution in [-0.2, 0) is 14.9 Å². The number of hydrogen-bond donors (Lipinski definition) is 0. The van der Waals surface area contributed by atoms with Gasteiger partial charge in [-0.3, -0.25) is 4.79 Å². The SMILES string of the molecule is CCOC(=O)C1(c2ccn[c]n2)CCCCC1. The molecule has 0 atom stereocenters. The summed E-state index contributed by atoms with van der Waals surface area (Å²) in [5.74, 6) is -0.146. The van der Waals surface area contributed by atoms with E-state index < -0.39 is 5.41 Å². The van der Waals surface area contributed by atoms with Gasteiger partial charge in [0.25, 0.3) is 0 Å².